The van der Waals surface area contributed by atoms with Gasteiger partial charge >= 0.3 is 5.97 Å². The lowest BCUT2D eigenvalue weighted by Gasteiger charge is -2.26. The molecule has 0 bridgehead atoms. The zero-order valence-corrected chi connectivity index (χ0v) is 9.31. The van der Waals surface area contributed by atoms with Crippen molar-refractivity contribution in [2.75, 3.05) is 13.1 Å². The van der Waals surface area contributed by atoms with E-state index in [1.165, 1.54) is 0 Å². The van der Waals surface area contributed by atoms with Crippen LogP contribution < -0.4 is 11.1 Å². The monoisotopic (exact) mass is 223 g/mol. The number of pyridine rings is 1. The molecule has 0 spiro atoms. The predicted octanol–water partition coefficient (Wildman–Crippen LogP) is 0.320. The van der Waals surface area contributed by atoms with Gasteiger partial charge in [0.15, 0.2) is 0 Å². The van der Waals surface area contributed by atoms with E-state index in [9.17, 15) is 9.90 Å². The number of nitrogens with one attached hydrogen (secondary N) is 1. The summed E-state index contributed by atoms with van der Waals surface area (Å²) in [4.78, 5) is 15.2. The first-order chi connectivity index (χ1) is 7.61. The standard InChI is InChI=1S/C11H17N3O2/c1-11(10(15)16,14-6-2-5-12)9-3-7-13-8-4-9/h3-4,7-8,14H,2,5-6,12H2,1H3,(H,15,16). The molecule has 88 valence electrons. The summed E-state index contributed by atoms with van der Waals surface area (Å²) in [7, 11) is 0. The molecule has 1 heterocycles. The lowest BCUT2D eigenvalue weighted by molar-refractivity contribution is -0.144. The minimum Gasteiger partial charge on any atom is -0.480 e. The summed E-state index contributed by atoms with van der Waals surface area (Å²) >= 11 is 0. The molecule has 5 heteroatoms. The molecule has 0 aliphatic rings. The lowest BCUT2D eigenvalue weighted by atomic mass is 9.93. The van der Waals surface area contributed by atoms with Crippen molar-refractivity contribution in [2.24, 2.45) is 5.73 Å². The van der Waals surface area contributed by atoms with Crippen LogP contribution in [-0.4, -0.2) is 29.1 Å². The molecular weight excluding hydrogens is 206 g/mol. The number of rotatable bonds is 6. The normalized spacial score (nSPS) is 14.4. The Hall–Kier alpha value is -1.46. The summed E-state index contributed by atoms with van der Waals surface area (Å²) in [6, 6.07) is 3.40. The quantitative estimate of drug-likeness (QED) is 0.604. The van der Waals surface area contributed by atoms with Gasteiger partial charge in [0.2, 0.25) is 0 Å². The minimum absolute atomic E-state index is 0.541. The smallest absolute Gasteiger partial charge is 0.328 e. The van der Waals surface area contributed by atoms with E-state index in [2.05, 4.69) is 10.3 Å². The molecule has 0 aliphatic carbocycles. The predicted molar refractivity (Wildman–Crippen MR) is 60.9 cm³/mol. The van der Waals surface area contributed by atoms with Crippen LogP contribution in [0.4, 0.5) is 0 Å². The average molecular weight is 223 g/mol. The Bertz CT molecular complexity index is 342. The summed E-state index contributed by atoms with van der Waals surface area (Å²) in [6.07, 6.45) is 3.91. The maximum Gasteiger partial charge on any atom is 0.328 e. The Morgan fingerprint density at radius 3 is 2.69 bits per heavy atom. The van der Waals surface area contributed by atoms with E-state index in [0.29, 0.717) is 18.7 Å². The van der Waals surface area contributed by atoms with Gasteiger partial charge in [-0.15, -0.1) is 0 Å². The van der Waals surface area contributed by atoms with Gasteiger partial charge in [-0.2, -0.15) is 0 Å². The maximum absolute atomic E-state index is 11.3. The SMILES string of the molecule is CC(NCCCN)(C(=O)O)c1ccncc1. The summed E-state index contributed by atoms with van der Waals surface area (Å²) < 4.78 is 0. The third kappa shape index (κ3) is 2.77. The fourth-order valence-corrected chi connectivity index (χ4v) is 1.43. The van der Waals surface area contributed by atoms with Crippen LogP contribution in [-0.2, 0) is 10.3 Å². The average Bonchev–Trinajstić information content (AvgIpc) is 2.30. The first-order valence-electron chi connectivity index (χ1n) is 5.20. The Kier molecular flexibility index (Phi) is 4.39. The number of aliphatic carboxylic acids is 1. The molecule has 0 aromatic carbocycles. The molecule has 0 radical (unpaired) electrons. The molecule has 1 aromatic heterocycles. The number of carboxylic acids is 1. The van der Waals surface area contributed by atoms with Crippen molar-refractivity contribution in [3.05, 3.63) is 30.1 Å². The van der Waals surface area contributed by atoms with Gasteiger partial charge in [0.25, 0.3) is 0 Å². The van der Waals surface area contributed by atoms with Crippen LogP contribution in [0.5, 0.6) is 0 Å². The second-order valence-electron chi connectivity index (χ2n) is 3.74. The highest BCUT2D eigenvalue weighted by Crippen LogP contribution is 2.20. The summed E-state index contributed by atoms with van der Waals surface area (Å²) in [5, 5.41) is 12.3. The summed E-state index contributed by atoms with van der Waals surface area (Å²) in [5.41, 5.74) is 4.98. The number of hydrogen-bond donors (Lipinski definition) is 3. The highest BCUT2D eigenvalue weighted by molar-refractivity contribution is 5.80. The molecule has 5 nitrogen and oxygen atoms in total. The third-order valence-corrected chi connectivity index (χ3v) is 2.54. The van der Waals surface area contributed by atoms with Crippen LogP contribution in [0.3, 0.4) is 0 Å². The molecule has 0 amide bonds. The molecule has 4 N–H and O–H groups in total. The summed E-state index contributed by atoms with van der Waals surface area (Å²) in [6.45, 7) is 2.75. The van der Waals surface area contributed by atoms with Crippen LogP contribution in [0.25, 0.3) is 0 Å². The van der Waals surface area contributed by atoms with Crippen LogP contribution in [0.15, 0.2) is 24.5 Å². The molecule has 16 heavy (non-hydrogen) atoms. The zero-order valence-electron chi connectivity index (χ0n) is 9.31. The highest BCUT2D eigenvalue weighted by Gasteiger charge is 2.34. The number of aromatic nitrogens is 1. The molecule has 0 saturated heterocycles. The van der Waals surface area contributed by atoms with Gasteiger partial charge in [-0.1, -0.05) is 0 Å². The largest absolute Gasteiger partial charge is 0.480 e. The van der Waals surface area contributed by atoms with Crippen LogP contribution in [0.1, 0.15) is 18.9 Å². The second-order valence-corrected chi connectivity index (χ2v) is 3.74. The number of carboxylic acid groups (broad SMARTS) is 1. The Morgan fingerprint density at radius 2 is 2.19 bits per heavy atom. The third-order valence-electron chi connectivity index (χ3n) is 2.54. The Morgan fingerprint density at radius 1 is 1.56 bits per heavy atom. The molecule has 0 aliphatic heterocycles. The van der Waals surface area contributed by atoms with E-state index in [0.717, 1.165) is 6.42 Å². The first-order valence-corrected chi connectivity index (χ1v) is 5.20. The van der Waals surface area contributed by atoms with Gasteiger partial charge in [0.05, 0.1) is 0 Å². The van der Waals surface area contributed by atoms with E-state index in [-0.39, 0.29) is 0 Å². The van der Waals surface area contributed by atoms with Gasteiger partial charge in [-0.25, -0.2) is 4.79 Å². The van der Waals surface area contributed by atoms with Crippen molar-refractivity contribution in [3.8, 4) is 0 Å². The molecule has 1 aromatic rings. The molecule has 1 unspecified atom stereocenters. The van der Waals surface area contributed by atoms with Crippen molar-refractivity contribution in [1.82, 2.24) is 10.3 Å². The molecule has 1 atom stereocenters. The zero-order chi connectivity index (χ0) is 12.0. The Balaban J connectivity index is 2.85. The van der Waals surface area contributed by atoms with Crippen molar-refractivity contribution in [3.63, 3.8) is 0 Å². The van der Waals surface area contributed by atoms with Gasteiger partial charge in [-0.05, 0) is 44.1 Å². The van der Waals surface area contributed by atoms with Crippen LogP contribution in [0.2, 0.25) is 0 Å². The molecular formula is C11H17N3O2. The van der Waals surface area contributed by atoms with Gasteiger partial charge in [0, 0.05) is 12.4 Å². The van der Waals surface area contributed by atoms with E-state index >= 15 is 0 Å². The van der Waals surface area contributed by atoms with Crippen molar-refractivity contribution in [1.29, 1.82) is 0 Å². The number of carbonyl (C=O) groups is 1. The van der Waals surface area contributed by atoms with Crippen LogP contribution in [0, 0.1) is 0 Å². The fraction of sp³-hybridized carbons (Fsp3) is 0.455. The van der Waals surface area contributed by atoms with Crippen molar-refractivity contribution in [2.45, 2.75) is 18.9 Å². The van der Waals surface area contributed by atoms with Crippen LogP contribution >= 0.6 is 0 Å². The van der Waals surface area contributed by atoms with E-state index in [1.54, 1.807) is 31.5 Å². The van der Waals surface area contributed by atoms with E-state index in [4.69, 9.17) is 5.73 Å². The lowest BCUT2D eigenvalue weighted by Crippen LogP contribution is -2.47. The van der Waals surface area contributed by atoms with Crippen molar-refractivity contribution < 1.29 is 9.90 Å². The highest BCUT2D eigenvalue weighted by atomic mass is 16.4. The topological polar surface area (TPSA) is 88.2 Å². The first kappa shape index (κ1) is 12.6. The minimum atomic E-state index is -1.09. The number of nitrogens with zero attached hydrogens (tertiary/aromatic N) is 1. The Labute approximate surface area is 94.7 Å². The maximum atomic E-state index is 11.3. The number of nitrogens with two attached hydrogens (primary N) is 1. The summed E-state index contributed by atoms with van der Waals surface area (Å²) in [5.74, 6) is -0.907. The van der Waals surface area contributed by atoms with Gasteiger partial charge in [0.1, 0.15) is 5.54 Å². The second kappa shape index (κ2) is 5.58. The molecule has 1 rings (SSSR count). The fourth-order valence-electron chi connectivity index (χ4n) is 1.43. The molecule has 0 fully saturated rings. The van der Waals surface area contributed by atoms with Gasteiger partial charge in [-0.3, -0.25) is 10.3 Å². The van der Waals surface area contributed by atoms with E-state index in [1.807, 2.05) is 0 Å². The van der Waals surface area contributed by atoms with Gasteiger partial charge < -0.3 is 10.8 Å². The van der Waals surface area contributed by atoms with Crippen molar-refractivity contribution >= 4 is 5.97 Å². The van der Waals surface area contributed by atoms with E-state index < -0.39 is 11.5 Å². The molecule has 0 saturated carbocycles. The number of hydrogen-bond acceptors (Lipinski definition) is 4.